The van der Waals surface area contributed by atoms with Crippen molar-refractivity contribution in [2.75, 3.05) is 11.9 Å². The maximum Gasteiger partial charge on any atom is 0.408 e. The Morgan fingerprint density at radius 1 is 0.886 bits per heavy atom. The van der Waals surface area contributed by atoms with Gasteiger partial charge in [-0.25, -0.2) is 4.79 Å². The molecule has 0 bridgehead atoms. The van der Waals surface area contributed by atoms with Gasteiger partial charge in [0.1, 0.15) is 17.7 Å². The van der Waals surface area contributed by atoms with Crippen LogP contribution in [0.4, 0.5) is 10.5 Å². The third-order valence-electron chi connectivity index (χ3n) is 8.21. The Hall–Kier alpha value is -3.87. The van der Waals surface area contributed by atoms with Crippen LogP contribution < -0.4 is 10.6 Å². The Balaban J connectivity index is 2.09. The fraction of sp³-hybridized carbons (Fsp3) is 0.486. The summed E-state index contributed by atoms with van der Waals surface area (Å²) >= 11 is 0. The summed E-state index contributed by atoms with van der Waals surface area (Å²) in [4.78, 5) is 43.7. The zero-order valence-corrected chi connectivity index (χ0v) is 27.8. The van der Waals surface area contributed by atoms with Gasteiger partial charge in [-0.2, -0.15) is 0 Å². The molecule has 3 aromatic carbocycles. The molecule has 3 aromatic rings. The molecule has 3 amide bonds. The topological polar surface area (TPSA) is 87.7 Å². The van der Waals surface area contributed by atoms with Crippen molar-refractivity contribution < 1.29 is 19.1 Å². The largest absolute Gasteiger partial charge is 0.444 e. The number of alkyl carbamates (subject to hydrolysis) is 1. The number of anilines is 1. The first-order valence-electron chi connectivity index (χ1n) is 16.0. The van der Waals surface area contributed by atoms with Crippen molar-refractivity contribution in [3.05, 3.63) is 77.4 Å². The Kier molecular flexibility index (Phi) is 12.4. The van der Waals surface area contributed by atoms with Crippen LogP contribution in [0.25, 0.3) is 10.8 Å². The van der Waals surface area contributed by atoms with Gasteiger partial charge >= 0.3 is 6.09 Å². The summed E-state index contributed by atoms with van der Waals surface area (Å²) in [6.07, 6.45) is 3.76. The van der Waals surface area contributed by atoms with Crippen molar-refractivity contribution in [2.45, 2.75) is 105 Å². The molecule has 0 fully saturated rings. The van der Waals surface area contributed by atoms with Gasteiger partial charge in [0.2, 0.25) is 5.91 Å². The van der Waals surface area contributed by atoms with Gasteiger partial charge in [-0.3, -0.25) is 9.59 Å². The highest BCUT2D eigenvalue weighted by Gasteiger charge is 2.38. The number of aryl methyl sites for hydroxylation is 1. The zero-order chi connectivity index (χ0) is 32.4. The molecule has 0 spiro atoms. The maximum atomic E-state index is 14.6. The van der Waals surface area contributed by atoms with E-state index in [1.54, 1.807) is 25.7 Å². The first-order chi connectivity index (χ1) is 20.9. The quantitative estimate of drug-likeness (QED) is 0.192. The predicted octanol–water partition coefficient (Wildman–Crippen LogP) is 8.48. The van der Waals surface area contributed by atoms with E-state index in [4.69, 9.17) is 4.74 Å². The predicted molar refractivity (Wildman–Crippen MR) is 180 cm³/mol. The monoisotopic (exact) mass is 601 g/mol. The lowest BCUT2D eigenvalue weighted by atomic mass is 9.92. The fourth-order valence-corrected chi connectivity index (χ4v) is 5.37. The van der Waals surface area contributed by atoms with E-state index in [1.807, 2.05) is 88.4 Å². The van der Waals surface area contributed by atoms with Gasteiger partial charge in [-0.1, -0.05) is 95.0 Å². The highest BCUT2D eigenvalue weighted by atomic mass is 16.6. The van der Waals surface area contributed by atoms with Crippen molar-refractivity contribution in [3.8, 4) is 0 Å². The molecule has 7 heteroatoms. The van der Waals surface area contributed by atoms with Crippen LogP contribution in [0.5, 0.6) is 0 Å². The van der Waals surface area contributed by atoms with E-state index in [9.17, 15) is 14.4 Å². The minimum atomic E-state index is -0.900. The number of amides is 3. The van der Waals surface area contributed by atoms with E-state index in [1.165, 1.54) is 0 Å². The number of carbonyl (C=O) groups is 3. The average molecular weight is 602 g/mol. The van der Waals surface area contributed by atoms with Gasteiger partial charge in [0.05, 0.1) is 0 Å². The van der Waals surface area contributed by atoms with Gasteiger partial charge in [0.25, 0.3) is 5.91 Å². The molecule has 3 atom stereocenters. The van der Waals surface area contributed by atoms with Crippen LogP contribution in [0.2, 0.25) is 0 Å². The summed E-state index contributed by atoms with van der Waals surface area (Å²) in [5.74, 6) is -0.768. The van der Waals surface area contributed by atoms with Crippen LogP contribution in [-0.4, -0.2) is 41.0 Å². The second-order valence-corrected chi connectivity index (χ2v) is 12.8. The Labute approximate surface area is 263 Å². The van der Waals surface area contributed by atoms with Gasteiger partial charge in [0.15, 0.2) is 0 Å². The molecule has 0 aliphatic rings. The van der Waals surface area contributed by atoms with E-state index in [-0.39, 0.29) is 17.7 Å². The molecule has 0 saturated heterocycles. The summed E-state index contributed by atoms with van der Waals surface area (Å²) in [5, 5.41) is 8.08. The molecule has 0 saturated carbocycles. The van der Waals surface area contributed by atoms with Crippen LogP contribution >= 0.6 is 0 Å². The van der Waals surface area contributed by atoms with E-state index in [2.05, 4.69) is 17.6 Å². The number of rotatable bonds is 13. The van der Waals surface area contributed by atoms with Crippen LogP contribution in [0.1, 0.15) is 96.4 Å². The number of fused-ring (bicyclic) bond motifs is 1. The number of unbranched alkanes of at least 4 members (excludes halogenated alkanes) is 3. The van der Waals surface area contributed by atoms with Crippen LogP contribution in [0, 0.1) is 19.8 Å². The number of benzene rings is 3. The zero-order valence-electron chi connectivity index (χ0n) is 27.8. The molecule has 0 aliphatic heterocycles. The van der Waals surface area contributed by atoms with E-state index < -0.39 is 23.8 Å². The van der Waals surface area contributed by atoms with E-state index in [0.29, 0.717) is 18.7 Å². The number of hydrogen-bond acceptors (Lipinski definition) is 4. The molecule has 0 aromatic heterocycles. The molecule has 2 N–H and O–H groups in total. The highest BCUT2D eigenvalue weighted by molar-refractivity contribution is 6.00. The van der Waals surface area contributed by atoms with Crippen molar-refractivity contribution in [1.82, 2.24) is 10.2 Å². The van der Waals surface area contributed by atoms with E-state index in [0.717, 1.165) is 53.1 Å². The minimum Gasteiger partial charge on any atom is -0.444 e. The van der Waals surface area contributed by atoms with Crippen LogP contribution in [0.3, 0.4) is 0 Å². The van der Waals surface area contributed by atoms with Crippen molar-refractivity contribution in [2.24, 2.45) is 5.92 Å². The minimum absolute atomic E-state index is 0.184. The molecule has 3 rings (SSSR count). The standard InChI is InChI=1S/C37H51N3O4/c1-9-11-12-15-23-40(35(42)32(25(3)10-2)39-36(43)44-37(6,7)8)33(31-20-16-17-26(4)27(31)5)34(41)38-30-22-21-28-18-13-14-19-29(28)24-30/h13-14,16-22,24-25,32-33H,9-12,15,23H2,1-8H3,(H,38,41)(H,39,43). The Morgan fingerprint density at radius 3 is 2.25 bits per heavy atom. The first kappa shape index (κ1) is 34.6. The number of nitrogens with zero attached hydrogens (tertiary/aromatic N) is 1. The molecule has 0 heterocycles. The smallest absolute Gasteiger partial charge is 0.408 e. The molecular weight excluding hydrogens is 550 g/mol. The maximum absolute atomic E-state index is 14.6. The van der Waals surface area contributed by atoms with Gasteiger partial charge in [-0.15, -0.1) is 0 Å². The lowest BCUT2D eigenvalue weighted by Crippen LogP contribution is -2.55. The molecule has 3 unspecified atom stereocenters. The second-order valence-electron chi connectivity index (χ2n) is 12.8. The number of nitrogens with one attached hydrogen (secondary N) is 2. The Morgan fingerprint density at radius 2 is 1.59 bits per heavy atom. The number of hydrogen-bond donors (Lipinski definition) is 2. The third kappa shape index (κ3) is 9.31. The van der Waals surface area contributed by atoms with Gasteiger partial charge in [-0.05, 0) is 86.6 Å². The summed E-state index contributed by atoms with van der Waals surface area (Å²) in [5.41, 5.74) is 2.71. The second kappa shape index (κ2) is 15.7. The molecule has 44 heavy (non-hydrogen) atoms. The Bertz CT molecular complexity index is 1430. The number of carbonyl (C=O) groups excluding carboxylic acids is 3. The lowest BCUT2D eigenvalue weighted by molar-refractivity contribution is -0.142. The first-order valence-corrected chi connectivity index (χ1v) is 16.0. The third-order valence-corrected chi connectivity index (χ3v) is 8.21. The average Bonchev–Trinajstić information content (AvgIpc) is 2.97. The summed E-state index contributed by atoms with van der Waals surface area (Å²) < 4.78 is 5.55. The summed E-state index contributed by atoms with van der Waals surface area (Å²) in [6.45, 7) is 15.8. The SMILES string of the molecule is CCCCCCN(C(=O)C(NC(=O)OC(C)(C)C)C(C)CC)C(C(=O)Nc1ccc2ccccc2c1)c1cccc(C)c1C. The van der Waals surface area contributed by atoms with Crippen molar-refractivity contribution >= 4 is 34.4 Å². The molecule has 7 nitrogen and oxygen atoms in total. The van der Waals surface area contributed by atoms with Crippen molar-refractivity contribution in [1.29, 1.82) is 0 Å². The van der Waals surface area contributed by atoms with Crippen molar-refractivity contribution in [3.63, 3.8) is 0 Å². The molecule has 238 valence electrons. The highest BCUT2D eigenvalue weighted by Crippen LogP contribution is 2.30. The molecule has 0 aliphatic carbocycles. The van der Waals surface area contributed by atoms with Crippen LogP contribution in [-0.2, 0) is 14.3 Å². The van der Waals surface area contributed by atoms with Gasteiger partial charge < -0.3 is 20.3 Å². The lowest BCUT2D eigenvalue weighted by Gasteiger charge is -2.36. The fourth-order valence-electron chi connectivity index (χ4n) is 5.37. The molecule has 0 radical (unpaired) electrons. The number of ether oxygens (including phenoxy) is 1. The van der Waals surface area contributed by atoms with Gasteiger partial charge in [0, 0.05) is 12.2 Å². The normalized spacial score (nSPS) is 13.5. The molecular formula is C37H51N3O4. The summed E-state index contributed by atoms with van der Waals surface area (Å²) in [7, 11) is 0. The summed E-state index contributed by atoms with van der Waals surface area (Å²) in [6, 6.07) is 17.9. The van der Waals surface area contributed by atoms with Crippen LogP contribution in [0.15, 0.2) is 60.7 Å². The van der Waals surface area contributed by atoms with E-state index >= 15 is 0 Å².